The number of nitriles is 1. The number of carboxylic acid groups (broad SMARTS) is 1. The molecule has 0 aromatic carbocycles. The number of amides is 1. The van der Waals surface area contributed by atoms with Crippen molar-refractivity contribution in [2.45, 2.75) is 5.03 Å². The van der Waals surface area contributed by atoms with E-state index < -0.39 is 5.97 Å². The first-order chi connectivity index (χ1) is 10.1. The fourth-order valence-electron chi connectivity index (χ4n) is 1.39. The maximum absolute atomic E-state index is 11.8. The molecule has 106 valence electrons. The highest BCUT2D eigenvalue weighted by molar-refractivity contribution is 7.99. The number of hydrogen-bond donors (Lipinski definition) is 2. The summed E-state index contributed by atoms with van der Waals surface area (Å²) in [5.74, 6) is -1.16. The number of pyridine rings is 1. The number of carboxylic acids is 1. The van der Waals surface area contributed by atoms with Crippen LogP contribution in [-0.4, -0.2) is 27.7 Å². The van der Waals surface area contributed by atoms with E-state index in [9.17, 15) is 9.59 Å². The lowest BCUT2D eigenvalue weighted by molar-refractivity contribution is -0.113. The molecule has 2 aromatic heterocycles. The van der Waals surface area contributed by atoms with Gasteiger partial charge in [0.25, 0.3) is 0 Å². The van der Waals surface area contributed by atoms with Crippen molar-refractivity contribution in [1.29, 1.82) is 5.26 Å². The minimum Gasteiger partial charge on any atom is -0.478 e. The van der Waals surface area contributed by atoms with Crippen molar-refractivity contribution in [1.82, 2.24) is 4.98 Å². The lowest BCUT2D eigenvalue weighted by Gasteiger charge is -2.03. The largest absolute Gasteiger partial charge is 0.478 e. The maximum atomic E-state index is 11.8. The highest BCUT2D eigenvalue weighted by Gasteiger charge is 2.09. The Morgan fingerprint density at radius 1 is 1.43 bits per heavy atom. The van der Waals surface area contributed by atoms with Crippen molar-refractivity contribution in [3.63, 3.8) is 0 Å². The Morgan fingerprint density at radius 3 is 2.86 bits per heavy atom. The standard InChI is InChI=1S/C13H9N3O3S2/c14-5-8-3-4-20-12(8)16-10(17)7-21-11-2-1-9(6-15-11)13(18)19/h1-4,6H,7H2,(H,16,17)(H,18,19). The summed E-state index contributed by atoms with van der Waals surface area (Å²) >= 11 is 2.47. The molecule has 0 unspecified atom stereocenters. The first-order valence-electron chi connectivity index (χ1n) is 5.69. The van der Waals surface area contributed by atoms with Gasteiger partial charge in [0.15, 0.2) is 0 Å². The maximum Gasteiger partial charge on any atom is 0.337 e. The van der Waals surface area contributed by atoms with Crippen LogP contribution in [0.1, 0.15) is 15.9 Å². The van der Waals surface area contributed by atoms with Crippen LogP contribution in [0.15, 0.2) is 34.8 Å². The third-order valence-electron chi connectivity index (χ3n) is 2.37. The van der Waals surface area contributed by atoms with Crippen LogP contribution in [0.5, 0.6) is 0 Å². The van der Waals surface area contributed by atoms with Gasteiger partial charge in [0, 0.05) is 6.20 Å². The number of rotatable bonds is 5. The molecule has 0 atom stereocenters. The van der Waals surface area contributed by atoms with E-state index in [1.165, 1.54) is 35.4 Å². The van der Waals surface area contributed by atoms with Crippen molar-refractivity contribution in [3.8, 4) is 6.07 Å². The smallest absolute Gasteiger partial charge is 0.337 e. The minimum absolute atomic E-state index is 0.0982. The molecular weight excluding hydrogens is 310 g/mol. The van der Waals surface area contributed by atoms with Gasteiger partial charge in [-0.15, -0.1) is 11.3 Å². The molecule has 0 spiro atoms. The summed E-state index contributed by atoms with van der Waals surface area (Å²) in [6.07, 6.45) is 1.25. The summed E-state index contributed by atoms with van der Waals surface area (Å²) in [6.45, 7) is 0. The highest BCUT2D eigenvalue weighted by Crippen LogP contribution is 2.23. The van der Waals surface area contributed by atoms with E-state index in [-0.39, 0.29) is 17.2 Å². The normalized spacial score (nSPS) is 9.86. The lowest BCUT2D eigenvalue weighted by Crippen LogP contribution is -2.13. The molecule has 0 bridgehead atoms. The molecule has 8 heteroatoms. The number of thiophene rings is 1. The summed E-state index contributed by atoms with van der Waals surface area (Å²) < 4.78 is 0. The third-order valence-corrected chi connectivity index (χ3v) is 4.15. The van der Waals surface area contributed by atoms with Crippen LogP contribution in [0.3, 0.4) is 0 Å². The van der Waals surface area contributed by atoms with Crippen molar-refractivity contribution in [3.05, 3.63) is 40.9 Å². The molecule has 1 amide bonds. The fourth-order valence-corrected chi connectivity index (χ4v) is 2.78. The predicted molar refractivity (Wildman–Crippen MR) is 79.6 cm³/mol. The SMILES string of the molecule is N#Cc1ccsc1NC(=O)CSc1ccc(C(=O)O)cn1. The average Bonchev–Trinajstić information content (AvgIpc) is 2.92. The van der Waals surface area contributed by atoms with E-state index in [0.29, 0.717) is 15.6 Å². The average molecular weight is 319 g/mol. The number of aromatic nitrogens is 1. The molecule has 21 heavy (non-hydrogen) atoms. The quantitative estimate of drug-likeness (QED) is 0.820. The van der Waals surface area contributed by atoms with E-state index in [4.69, 9.17) is 10.4 Å². The molecule has 2 rings (SSSR count). The van der Waals surface area contributed by atoms with Gasteiger partial charge in [-0.2, -0.15) is 5.26 Å². The predicted octanol–water partition coefficient (Wildman–Crippen LogP) is 2.44. The first-order valence-corrected chi connectivity index (χ1v) is 7.56. The number of nitrogens with zero attached hydrogens (tertiary/aromatic N) is 2. The summed E-state index contributed by atoms with van der Waals surface area (Å²) in [5, 5.41) is 23.1. The van der Waals surface area contributed by atoms with Crippen LogP contribution < -0.4 is 5.32 Å². The van der Waals surface area contributed by atoms with E-state index in [1.807, 2.05) is 6.07 Å². The van der Waals surface area contributed by atoms with Crippen molar-refractivity contribution < 1.29 is 14.7 Å². The Labute approximate surface area is 128 Å². The van der Waals surface area contributed by atoms with Crippen LogP contribution in [-0.2, 0) is 4.79 Å². The molecule has 0 aliphatic heterocycles. The molecule has 2 N–H and O–H groups in total. The number of aromatic carboxylic acids is 1. The zero-order valence-corrected chi connectivity index (χ0v) is 12.2. The van der Waals surface area contributed by atoms with E-state index in [0.717, 1.165) is 0 Å². The van der Waals surface area contributed by atoms with E-state index in [2.05, 4.69) is 10.3 Å². The molecule has 0 saturated carbocycles. The van der Waals surface area contributed by atoms with Gasteiger partial charge in [0.1, 0.15) is 11.1 Å². The minimum atomic E-state index is -1.04. The van der Waals surface area contributed by atoms with Gasteiger partial charge >= 0.3 is 5.97 Å². The number of hydrogen-bond acceptors (Lipinski definition) is 6. The van der Waals surface area contributed by atoms with Crippen LogP contribution in [0.25, 0.3) is 0 Å². The monoisotopic (exact) mass is 319 g/mol. The summed E-state index contributed by atoms with van der Waals surface area (Å²) in [7, 11) is 0. The highest BCUT2D eigenvalue weighted by atomic mass is 32.2. The topological polar surface area (TPSA) is 103 Å². The molecule has 0 fully saturated rings. The zero-order chi connectivity index (χ0) is 15.2. The van der Waals surface area contributed by atoms with Crippen LogP contribution >= 0.6 is 23.1 Å². The van der Waals surface area contributed by atoms with Gasteiger partial charge in [0.2, 0.25) is 5.91 Å². The molecule has 0 radical (unpaired) electrons. The number of anilines is 1. The lowest BCUT2D eigenvalue weighted by atomic mass is 10.3. The molecule has 6 nitrogen and oxygen atoms in total. The zero-order valence-electron chi connectivity index (χ0n) is 10.6. The van der Waals surface area contributed by atoms with Gasteiger partial charge < -0.3 is 10.4 Å². The number of carbonyl (C=O) groups is 2. The second-order valence-electron chi connectivity index (χ2n) is 3.80. The van der Waals surface area contributed by atoms with Gasteiger partial charge in [-0.25, -0.2) is 9.78 Å². The number of nitrogens with one attached hydrogen (secondary N) is 1. The molecule has 0 saturated heterocycles. The molecule has 2 aromatic rings. The summed E-state index contributed by atoms with van der Waals surface area (Å²) in [5.41, 5.74) is 0.531. The van der Waals surface area contributed by atoms with Crippen LogP contribution in [0.2, 0.25) is 0 Å². The molecule has 0 aliphatic carbocycles. The van der Waals surface area contributed by atoms with E-state index in [1.54, 1.807) is 17.5 Å². The fraction of sp³-hybridized carbons (Fsp3) is 0.0769. The van der Waals surface area contributed by atoms with Crippen LogP contribution in [0.4, 0.5) is 5.00 Å². The molecule has 2 heterocycles. The van der Waals surface area contributed by atoms with Gasteiger partial charge in [-0.05, 0) is 23.6 Å². The Hall–Kier alpha value is -2.37. The Balaban J connectivity index is 1.89. The summed E-state index contributed by atoms with van der Waals surface area (Å²) in [6, 6.07) is 6.61. The second-order valence-corrected chi connectivity index (χ2v) is 5.71. The molecule has 0 aliphatic rings. The van der Waals surface area contributed by atoms with Gasteiger partial charge in [-0.3, -0.25) is 4.79 Å². The Kier molecular flexibility index (Phi) is 4.92. The number of carbonyl (C=O) groups excluding carboxylic acids is 1. The third kappa shape index (κ3) is 4.05. The number of thioether (sulfide) groups is 1. The first kappa shape index (κ1) is 15.0. The van der Waals surface area contributed by atoms with Gasteiger partial charge in [0.05, 0.1) is 21.9 Å². The molecular formula is C13H9N3O3S2. The van der Waals surface area contributed by atoms with E-state index >= 15 is 0 Å². The van der Waals surface area contributed by atoms with Crippen molar-refractivity contribution in [2.24, 2.45) is 0 Å². The Bertz CT molecular complexity index is 704. The Morgan fingerprint density at radius 2 is 2.24 bits per heavy atom. The van der Waals surface area contributed by atoms with Gasteiger partial charge in [-0.1, -0.05) is 11.8 Å². The van der Waals surface area contributed by atoms with Crippen molar-refractivity contribution >= 4 is 40.0 Å². The summed E-state index contributed by atoms with van der Waals surface area (Å²) in [4.78, 5) is 26.4. The van der Waals surface area contributed by atoms with Crippen LogP contribution in [0, 0.1) is 11.3 Å². The van der Waals surface area contributed by atoms with Crippen molar-refractivity contribution in [2.75, 3.05) is 11.1 Å². The second kappa shape index (κ2) is 6.88.